The fourth-order valence-corrected chi connectivity index (χ4v) is 3.67. The maximum Gasteiger partial charge on any atom is 0.336 e. The van der Waals surface area contributed by atoms with E-state index in [0.717, 1.165) is 27.9 Å². The summed E-state index contributed by atoms with van der Waals surface area (Å²) in [5, 5.41) is 55.8. The van der Waals surface area contributed by atoms with Crippen LogP contribution in [0.15, 0.2) is 0 Å². The summed E-state index contributed by atoms with van der Waals surface area (Å²) in [5.74, 6) is -6.85. The van der Waals surface area contributed by atoms with Crippen LogP contribution in [-0.4, -0.2) is 110 Å². The first-order valence-corrected chi connectivity index (χ1v) is 9.36. The molecule has 32 heavy (non-hydrogen) atoms. The minimum Gasteiger partial charge on any atom is -0.479 e. The van der Waals surface area contributed by atoms with Crippen LogP contribution in [0.2, 0.25) is 0 Å². The number of ether oxygens (including phenoxy) is 4. The fourth-order valence-electron chi connectivity index (χ4n) is 3.67. The topological polar surface area (TPSA) is 184 Å². The molecule has 12 heteroatoms. The van der Waals surface area contributed by atoms with Crippen LogP contribution in [-0.2, 0) is 28.5 Å². The minimum atomic E-state index is -4.05. The van der Waals surface area contributed by atoms with E-state index in [4.69, 9.17) is 29.9 Å². The van der Waals surface area contributed by atoms with Crippen LogP contribution in [0.5, 0.6) is 0 Å². The largest absolute Gasteiger partial charge is 0.479 e. The van der Waals surface area contributed by atoms with Crippen molar-refractivity contribution in [2.24, 2.45) is 0 Å². The molecule has 6 N–H and O–H groups in total. The number of aliphatic hydroxyl groups is 4. The highest BCUT2D eigenvalue weighted by Gasteiger charge is 2.66. The van der Waals surface area contributed by atoms with Crippen molar-refractivity contribution in [3.63, 3.8) is 0 Å². The molecule has 0 spiro atoms. The van der Waals surface area contributed by atoms with Crippen LogP contribution < -0.4 is 5.32 Å². The van der Waals surface area contributed by atoms with Gasteiger partial charge in [0.1, 0.15) is 35.5 Å². The van der Waals surface area contributed by atoms with Gasteiger partial charge in [0, 0.05) is 14.0 Å². The number of carbonyl (C=O) groups is 2. The summed E-state index contributed by atoms with van der Waals surface area (Å²) in [5.41, 5.74) is -8.88. The van der Waals surface area contributed by atoms with Gasteiger partial charge in [-0.15, -0.1) is 0 Å². The molecular weight excluding hydrogens is 430 g/mol. The number of hydrogen-bond acceptors (Lipinski definition) is 10. The van der Waals surface area contributed by atoms with Gasteiger partial charge >= 0.3 is 5.97 Å². The smallest absolute Gasteiger partial charge is 0.336 e. The number of aliphatic carboxylic acids is 1. The van der Waals surface area contributed by atoms with Crippen molar-refractivity contribution in [3.8, 4) is 0 Å². The van der Waals surface area contributed by atoms with Gasteiger partial charge in [0.25, 0.3) is 0 Å². The van der Waals surface area contributed by atoms with E-state index >= 15 is 0 Å². The molecule has 2 heterocycles. The summed E-state index contributed by atoms with van der Waals surface area (Å²) >= 11 is 0. The van der Waals surface area contributed by atoms with Crippen LogP contribution >= 0.6 is 0 Å². The second-order valence-electron chi connectivity index (χ2n) is 8.21. The Bertz CT molecular complexity index is 1090. The Hall–Kier alpha value is -1.38. The number of rotatable bonds is 6. The van der Waals surface area contributed by atoms with Gasteiger partial charge in [-0.3, -0.25) is 4.79 Å². The molecule has 2 rings (SSSR count). The average Bonchev–Trinajstić information content (AvgIpc) is 2.74. The molecule has 0 bridgehead atoms. The van der Waals surface area contributed by atoms with E-state index < -0.39 is 77.4 Å². The number of carbonyl (C=O) groups excluding carboxylic acids is 1. The first-order chi connectivity index (χ1) is 17.3. The molecule has 2 fully saturated rings. The Morgan fingerprint density at radius 3 is 2.06 bits per heavy atom. The highest BCUT2D eigenvalue weighted by Crippen LogP contribution is 2.45. The first-order valence-electron chi connectivity index (χ1n) is 13.4. The van der Waals surface area contributed by atoms with Crippen molar-refractivity contribution in [2.45, 2.75) is 101 Å². The monoisotopic (exact) mass is 473 g/mol. The maximum absolute atomic E-state index is 12.2. The number of amides is 1. The molecule has 2 aliphatic heterocycles. The third-order valence-corrected chi connectivity index (χ3v) is 5.34. The van der Waals surface area contributed by atoms with Crippen LogP contribution in [0.25, 0.3) is 0 Å². The van der Waals surface area contributed by atoms with Crippen molar-refractivity contribution in [1.29, 1.82) is 0 Å². The molecule has 9 atom stereocenters. The normalized spacial score (nSPS) is 64.3. The zero-order chi connectivity index (χ0) is 32.2. The molecule has 0 aromatic heterocycles. The summed E-state index contributed by atoms with van der Waals surface area (Å²) in [4.78, 5) is 24.5. The maximum atomic E-state index is 12.2. The van der Waals surface area contributed by atoms with Gasteiger partial charge in [0.15, 0.2) is 11.9 Å². The molecule has 0 saturated carbocycles. The third-order valence-electron chi connectivity index (χ3n) is 5.34. The van der Waals surface area contributed by atoms with E-state index in [0.29, 0.717) is 20.8 Å². The van der Waals surface area contributed by atoms with Crippen molar-refractivity contribution in [1.82, 2.24) is 5.32 Å². The lowest BCUT2D eigenvalue weighted by atomic mass is 9.74. The standard InChI is InChI=1S/C20H35NO11/c1-9(23)21-16-17(2,3)30-10(8-22)11(24)19(16,5)32-20(6)13(26)12(25)18(4,29-7)14(31-20)15(27)28/h10-14,16,22,24-26H,8H2,1-7H3,(H,21,23)(H,27,28)/t10?,11-,12-,13?,14?,16?,18+,19+,20+/m1/s1/i8D2,10D,11D,12D,13D,14D,16D. The van der Waals surface area contributed by atoms with Crippen LogP contribution in [0, 0.1) is 0 Å². The first kappa shape index (κ1) is 17.1. The van der Waals surface area contributed by atoms with Crippen molar-refractivity contribution >= 4 is 11.9 Å². The van der Waals surface area contributed by atoms with E-state index in [-0.39, 0.29) is 0 Å². The van der Waals surface area contributed by atoms with Crippen LogP contribution in [0.1, 0.15) is 52.5 Å². The highest BCUT2D eigenvalue weighted by atomic mass is 16.7. The van der Waals surface area contributed by atoms with Crippen molar-refractivity contribution < 1.29 is 65.0 Å². The Labute approximate surface area is 197 Å². The second kappa shape index (κ2) is 8.76. The molecule has 186 valence electrons. The fraction of sp³-hybridized carbons (Fsp3) is 0.900. The van der Waals surface area contributed by atoms with E-state index in [2.05, 4.69) is 0 Å². The van der Waals surface area contributed by atoms with E-state index in [9.17, 15) is 35.1 Å². The SMILES string of the molecule is [2H]C([2H])(O)C1([2H])OC(C)(C)C([2H])(NC(C)=O)[C@@](C)(O[C@]2(C)OC([2H])(C(=O)O)[C@@](C)(OC)[C@]([2H])(O)C2([2H])O)[C@]1([2H])O. The zero-order valence-electron chi connectivity index (χ0n) is 26.7. The second-order valence-corrected chi connectivity index (χ2v) is 8.21. The Morgan fingerprint density at radius 2 is 1.62 bits per heavy atom. The molecule has 0 aromatic rings. The van der Waals surface area contributed by atoms with Crippen molar-refractivity contribution in [2.75, 3.05) is 13.7 Å². The number of carboxylic acid groups (broad SMARTS) is 1. The van der Waals surface area contributed by atoms with Gasteiger partial charge in [-0.25, -0.2) is 4.79 Å². The van der Waals surface area contributed by atoms with Crippen LogP contribution in [0.4, 0.5) is 0 Å². The number of carboxylic acids is 1. The molecule has 12 nitrogen and oxygen atoms in total. The molecule has 0 aromatic carbocycles. The lowest BCUT2D eigenvalue weighted by Gasteiger charge is -2.59. The minimum absolute atomic E-state index is 0.498. The summed E-state index contributed by atoms with van der Waals surface area (Å²) in [6.45, 7) is 0.613. The lowest BCUT2D eigenvalue weighted by Crippen LogP contribution is -2.78. The number of nitrogens with one attached hydrogen (secondary N) is 1. The summed E-state index contributed by atoms with van der Waals surface area (Å²) in [7, 11) is 0.739. The Balaban J connectivity index is 3.05. The summed E-state index contributed by atoms with van der Waals surface area (Å²) in [6.07, 6.45) is -19.3. The third kappa shape index (κ3) is 4.26. The molecule has 0 radical (unpaired) electrons. The molecule has 0 aliphatic carbocycles. The Kier molecular flexibility index (Phi) is 4.69. The van der Waals surface area contributed by atoms with Gasteiger partial charge in [-0.1, -0.05) is 0 Å². The molecule has 1 amide bonds. The van der Waals surface area contributed by atoms with Gasteiger partial charge in [0.2, 0.25) is 5.91 Å². The Morgan fingerprint density at radius 1 is 1.06 bits per heavy atom. The number of hydrogen-bond donors (Lipinski definition) is 6. The summed E-state index contributed by atoms with van der Waals surface area (Å²) in [6, 6.07) is -3.06. The molecular formula is C20H35NO11. The molecule has 4 unspecified atom stereocenters. The zero-order valence-corrected chi connectivity index (χ0v) is 18.7. The van der Waals surface area contributed by atoms with E-state index in [1.54, 1.807) is 0 Å². The van der Waals surface area contributed by atoms with Gasteiger partial charge in [0.05, 0.1) is 29.1 Å². The predicted octanol–water partition coefficient (Wildman–Crippen LogP) is -1.88. The van der Waals surface area contributed by atoms with Gasteiger partial charge in [-0.2, -0.15) is 0 Å². The number of methoxy groups -OCH3 is 1. The van der Waals surface area contributed by atoms with Crippen LogP contribution in [0.3, 0.4) is 0 Å². The van der Waals surface area contributed by atoms with E-state index in [1.165, 1.54) is 0 Å². The van der Waals surface area contributed by atoms with Gasteiger partial charge < -0.3 is 49.8 Å². The highest BCUT2D eigenvalue weighted by molar-refractivity contribution is 5.74. The molecule has 2 saturated heterocycles. The summed E-state index contributed by atoms with van der Waals surface area (Å²) < 4.78 is 88.0. The van der Waals surface area contributed by atoms with E-state index in [1.807, 2.05) is 5.32 Å². The van der Waals surface area contributed by atoms with Gasteiger partial charge in [-0.05, 0) is 34.6 Å². The van der Waals surface area contributed by atoms with Crippen molar-refractivity contribution in [3.05, 3.63) is 0 Å². The molecule has 2 aliphatic rings. The average molecular weight is 474 g/mol. The quantitative estimate of drug-likeness (QED) is 0.254. The lowest BCUT2D eigenvalue weighted by molar-refractivity contribution is -0.414. The predicted molar refractivity (Wildman–Crippen MR) is 107 cm³/mol.